The Morgan fingerprint density at radius 1 is 1.20 bits per heavy atom. The molecular formula is C15H10BrFN2O. The van der Waals surface area contributed by atoms with E-state index in [9.17, 15) is 9.18 Å². The first-order valence-corrected chi connectivity index (χ1v) is 6.80. The van der Waals surface area contributed by atoms with E-state index >= 15 is 0 Å². The SMILES string of the molecule is Cc1nc2ccc(F)cc2c(=O)n1-c1cccc(Br)c1. The molecule has 0 aliphatic heterocycles. The van der Waals surface area contributed by atoms with Crippen molar-refractivity contribution in [3.05, 3.63) is 68.9 Å². The molecule has 0 radical (unpaired) electrons. The smallest absolute Gasteiger partial charge is 0.266 e. The summed E-state index contributed by atoms with van der Waals surface area (Å²) in [5.41, 5.74) is 0.922. The van der Waals surface area contributed by atoms with E-state index in [0.717, 1.165) is 4.47 Å². The molecule has 100 valence electrons. The van der Waals surface area contributed by atoms with Crippen LogP contribution in [0.15, 0.2) is 51.7 Å². The number of aryl methyl sites for hydroxylation is 1. The summed E-state index contributed by atoms with van der Waals surface area (Å²) >= 11 is 3.37. The zero-order chi connectivity index (χ0) is 14.3. The Balaban J connectivity index is 2.39. The second-order valence-corrected chi connectivity index (χ2v) is 5.36. The van der Waals surface area contributed by atoms with Crippen LogP contribution in [0.3, 0.4) is 0 Å². The number of halogens is 2. The molecule has 3 aromatic rings. The minimum Gasteiger partial charge on any atom is -0.268 e. The number of benzene rings is 2. The van der Waals surface area contributed by atoms with E-state index in [1.165, 1.54) is 22.8 Å². The van der Waals surface area contributed by atoms with Gasteiger partial charge in [0.25, 0.3) is 5.56 Å². The second kappa shape index (κ2) is 4.83. The molecule has 3 nitrogen and oxygen atoms in total. The molecular weight excluding hydrogens is 323 g/mol. The largest absolute Gasteiger partial charge is 0.268 e. The third-order valence-corrected chi connectivity index (χ3v) is 3.56. The molecule has 0 spiro atoms. The minimum absolute atomic E-state index is 0.273. The summed E-state index contributed by atoms with van der Waals surface area (Å²) in [5, 5.41) is 0.274. The average Bonchev–Trinajstić information content (AvgIpc) is 2.40. The van der Waals surface area contributed by atoms with E-state index in [1.54, 1.807) is 6.92 Å². The monoisotopic (exact) mass is 332 g/mol. The van der Waals surface area contributed by atoms with Gasteiger partial charge in [0.2, 0.25) is 0 Å². The van der Waals surface area contributed by atoms with Crippen LogP contribution in [0.4, 0.5) is 4.39 Å². The van der Waals surface area contributed by atoms with E-state index in [2.05, 4.69) is 20.9 Å². The summed E-state index contributed by atoms with van der Waals surface area (Å²) in [6, 6.07) is 11.4. The fourth-order valence-electron chi connectivity index (χ4n) is 2.19. The van der Waals surface area contributed by atoms with Gasteiger partial charge in [-0.15, -0.1) is 0 Å². The lowest BCUT2D eigenvalue weighted by Crippen LogP contribution is -2.22. The Kier molecular flexibility index (Phi) is 3.14. The van der Waals surface area contributed by atoms with Crippen molar-refractivity contribution in [1.82, 2.24) is 9.55 Å². The first kappa shape index (κ1) is 13.0. The van der Waals surface area contributed by atoms with Crippen molar-refractivity contribution in [2.24, 2.45) is 0 Å². The minimum atomic E-state index is -0.443. The van der Waals surface area contributed by atoms with E-state index < -0.39 is 5.82 Å². The maximum atomic E-state index is 13.3. The van der Waals surface area contributed by atoms with Gasteiger partial charge in [-0.2, -0.15) is 0 Å². The van der Waals surface area contributed by atoms with Gasteiger partial charge in [-0.25, -0.2) is 9.37 Å². The molecule has 0 aliphatic rings. The van der Waals surface area contributed by atoms with E-state index in [4.69, 9.17) is 0 Å². The predicted octanol–water partition coefficient (Wildman–Crippen LogP) is 3.60. The first-order valence-electron chi connectivity index (χ1n) is 6.01. The fourth-order valence-corrected chi connectivity index (χ4v) is 2.58. The molecule has 0 unspecified atom stereocenters. The highest BCUT2D eigenvalue weighted by Gasteiger charge is 2.10. The Morgan fingerprint density at radius 3 is 2.75 bits per heavy atom. The van der Waals surface area contributed by atoms with E-state index in [0.29, 0.717) is 17.0 Å². The van der Waals surface area contributed by atoms with Crippen molar-refractivity contribution in [1.29, 1.82) is 0 Å². The van der Waals surface area contributed by atoms with Crippen molar-refractivity contribution < 1.29 is 4.39 Å². The van der Waals surface area contributed by atoms with Gasteiger partial charge in [0.1, 0.15) is 11.6 Å². The van der Waals surface area contributed by atoms with Crippen LogP contribution in [-0.2, 0) is 0 Å². The molecule has 3 rings (SSSR count). The van der Waals surface area contributed by atoms with Crippen LogP contribution >= 0.6 is 15.9 Å². The second-order valence-electron chi connectivity index (χ2n) is 4.44. The van der Waals surface area contributed by atoms with Crippen LogP contribution in [0.1, 0.15) is 5.82 Å². The molecule has 0 amide bonds. The summed E-state index contributed by atoms with van der Waals surface area (Å²) in [5.74, 6) is 0.119. The van der Waals surface area contributed by atoms with Crippen molar-refractivity contribution in [2.75, 3.05) is 0 Å². The zero-order valence-corrected chi connectivity index (χ0v) is 12.2. The summed E-state index contributed by atoms with van der Waals surface area (Å²) in [6.07, 6.45) is 0. The number of rotatable bonds is 1. The lowest BCUT2D eigenvalue weighted by atomic mass is 10.2. The highest BCUT2D eigenvalue weighted by atomic mass is 79.9. The molecule has 5 heteroatoms. The highest BCUT2D eigenvalue weighted by Crippen LogP contribution is 2.17. The molecule has 0 bridgehead atoms. The normalized spacial score (nSPS) is 10.9. The molecule has 2 aromatic carbocycles. The van der Waals surface area contributed by atoms with Crippen LogP contribution in [-0.4, -0.2) is 9.55 Å². The first-order chi connectivity index (χ1) is 9.56. The molecule has 20 heavy (non-hydrogen) atoms. The Morgan fingerprint density at radius 2 is 2.00 bits per heavy atom. The Labute approximate surface area is 122 Å². The molecule has 0 aliphatic carbocycles. The number of hydrogen-bond acceptors (Lipinski definition) is 2. The zero-order valence-electron chi connectivity index (χ0n) is 10.6. The third-order valence-electron chi connectivity index (χ3n) is 3.06. The number of aromatic nitrogens is 2. The quantitative estimate of drug-likeness (QED) is 0.682. The van der Waals surface area contributed by atoms with Gasteiger partial charge in [-0.1, -0.05) is 22.0 Å². The van der Waals surface area contributed by atoms with Crippen LogP contribution in [0, 0.1) is 12.7 Å². The lowest BCUT2D eigenvalue weighted by Gasteiger charge is -2.11. The maximum absolute atomic E-state index is 13.3. The van der Waals surface area contributed by atoms with Gasteiger partial charge in [-0.3, -0.25) is 9.36 Å². The predicted molar refractivity (Wildman–Crippen MR) is 79.7 cm³/mol. The summed E-state index contributed by atoms with van der Waals surface area (Å²) in [6.45, 7) is 1.76. The number of fused-ring (bicyclic) bond motifs is 1. The van der Waals surface area contributed by atoms with E-state index in [1.807, 2.05) is 24.3 Å². The number of hydrogen-bond donors (Lipinski definition) is 0. The molecule has 0 N–H and O–H groups in total. The van der Waals surface area contributed by atoms with Crippen molar-refractivity contribution in [3.63, 3.8) is 0 Å². The number of nitrogens with zero attached hydrogens (tertiary/aromatic N) is 2. The average molecular weight is 333 g/mol. The van der Waals surface area contributed by atoms with Crippen LogP contribution in [0.5, 0.6) is 0 Å². The molecule has 0 atom stereocenters. The van der Waals surface area contributed by atoms with Crippen molar-refractivity contribution in [2.45, 2.75) is 6.92 Å². The molecule has 0 saturated heterocycles. The van der Waals surface area contributed by atoms with Crippen molar-refractivity contribution in [3.8, 4) is 5.69 Å². The van der Waals surface area contributed by atoms with Gasteiger partial charge in [0.15, 0.2) is 0 Å². The summed E-state index contributed by atoms with van der Waals surface area (Å²) in [7, 11) is 0. The molecule has 0 fully saturated rings. The van der Waals surface area contributed by atoms with Gasteiger partial charge in [0.05, 0.1) is 16.6 Å². The van der Waals surface area contributed by atoms with Crippen molar-refractivity contribution >= 4 is 26.8 Å². The van der Waals surface area contributed by atoms with Gasteiger partial charge in [-0.05, 0) is 43.3 Å². The topological polar surface area (TPSA) is 34.9 Å². The summed E-state index contributed by atoms with van der Waals surface area (Å²) < 4.78 is 15.7. The third kappa shape index (κ3) is 2.14. The van der Waals surface area contributed by atoms with Crippen LogP contribution < -0.4 is 5.56 Å². The molecule has 1 heterocycles. The molecule has 0 saturated carbocycles. The highest BCUT2D eigenvalue weighted by molar-refractivity contribution is 9.10. The Bertz CT molecular complexity index is 873. The van der Waals surface area contributed by atoms with Gasteiger partial charge < -0.3 is 0 Å². The van der Waals surface area contributed by atoms with Crippen LogP contribution in [0.2, 0.25) is 0 Å². The van der Waals surface area contributed by atoms with Gasteiger partial charge >= 0.3 is 0 Å². The lowest BCUT2D eigenvalue weighted by molar-refractivity contribution is 0.629. The van der Waals surface area contributed by atoms with E-state index in [-0.39, 0.29) is 10.9 Å². The maximum Gasteiger partial charge on any atom is 0.266 e. The fraction of sp³-hybridized carbons (Fsp3) is 0.0667. The molecule has 1 aromatic heterocycles. The Hall–Kier alpha value is -2.01. The van der Waals surface area contributed by atoms with Gasteiger partial charge in [0, 0.05) is 4.47 Å². The van der Waals surface area contributed by atoms with Crippen LogP contribution in [0.25, 0.3) is 16.6 Å². The standard InChI is InChI=1S/C15H10BrFN2O/c1-9-18-14-6-5-11(17)8-13(14)15(20)19(9)12-4-2-3-10(16)7-12/h2-8H,1H3. The summed E-state index contributed by atoms with van der Waals surface area (Å²) in [4.78, 5) is 16.9.